The van der Waals surface area contributed by atoms with Gasteiger partial charge < -0.3 is 0 Å². The Morgan fingerprint density at radius 2 is 1.63 bits per heavy atom. The van der Waals surface area contributed by atoms with E-state index in [2.05, 4.69) is 90.4 Å². The van der Waals surface area contributed by atoms with Gasteiger partial charge in [0.2, 0.25) is 0 Å². The van der Waals surface area contributed by atoms with E-state index in [0.29, 0.717) is 0 Å². The summed E-state index contributed by atoms with van der Waals surface area (Å²) in [6.07, 6.45) is 14.0. The maximum atomic E-state index is 4.10. The third kappa shape index (κ3) is 2.65. The van der Waals surface area contributed by atoms with Crippen LogP contribution in [-0.2, 0) is 6.42 Å². The van der Waals surface area contributed by atoms with Crippen molar-refractivity contribution in [1.82, 2.24) is 0 Å². The zero-order valence-electron chi connectivity index (χ0n) is 19.2. The van der Waals surface area contributed by atoms with Crippen LogP contribution in [-0.4, -0.2) is 8.07 Å². The van der Waals surface area contributed by atoms with Gasteiger partial charge in [0.1, 0.15) is 8.07 Å². The van der Waals surface area contributed by atoms with E-state index in [1.54, 1.807) is 10.4 Å². The molecule has 1 heteroatoms. The molecule has 0 bridgehead atoms. The fraction of sp³-hybridized carbons (Fsp3) is 0.241. The molecule has 1 heterocycles. The van der Waals surface area contributed by atoms with Crippen LogP contribution in [0.25, 0.3) is 28.0 Å². The number of fused-ring (bicyclic) bond motifs is 4. The van der Waals surface area contributed by atoms with Crippen LogP contribution in [0.2, 0.25) is 13.1 Å². The topological polar surface area (TPSA) is 0 Å². The average Bonchev–Trinajstić information content (AvgIpc) is 3.16. The van der Waals surface area contributed by atoms with Crippen LogP contribution in [0.15, 0.2) is 66.4 Å². The van der Waals surface area contributed by atoms with E-state index in [0.717, 1.165) is 6.42 Å². The van der Waals surface area contributed by atoms with Gasteiger partial charge in [-0.1, -0.05) is 67.9 Å². The van der Waals surface area contributed by atoms with Gasteiger partial charge in [0, 0.05) is 0 Å². The lowest BCUT2D eigenvalue weighted by atomic mass is 9.88. The Hall–Kier alpha value is -2.64. The molecule has 0 atom stereocenters. The first-order valence-corrected chi connectivity index (χ1v) is 13.9. The normalized spacial score (nSPS) is 17.5. The van der Waals surface area contributed by atoms with Crippen LogP contribution in [0, 0.1) is 6.92 Å². The summed E-state index contributed by atoms with van der Waals surface area (Å²) in [6.45, 7) is 22.1. The summed E-state index contributed by atoms with van der Waals surface area (Å²) in [7, 11) is -1.76. The van der Waals surface area contributed by atoms with Crippen molar-refractivity contribution >= 4 is 41.3 Å². The third-order valence-electron chi connectivity index (χ3n) is 7.04. The van der Waals surface area contributed by atoms with Gasteiger partial charge in [-0.15, -0.1) is 0 Å². The molecule has 0 radical (unpaired) electrons. The van der Waals surface area contributed by atoms with Crippen molar-refractivity contribution in [1.29, 1.82) is 0 Å². The second kappa shape index (κ2) is 7.25. The molecule has 4 rings (SSSR count). The Morgan fingerprint density at radius 3 is 2.23 bits per heavy atom. The minimum Gasteiger partial charge on any atom is -0.0988 e. The van der Waals surface area contributed by atoms with E-state index in [1.807, 2.05) is 12.2 Å². The summed E-state index contributed by atoms with van der Waals surface area (Å²) in [4.78, 5) is 0. The molecule has 30 heavy (non-hydrogen) atoms. The summed E-state index contributed by atoms with van der Waals surface area (Å²) in [5.41, 5.74) is 11.0. The van der Waals surface area contributed by atoms with Gasteiger partial charge in [-0.25, -0.2) is 0 Å². The maximum Gasteiger partial charge on any atom is 0.113 e. The van der Waals surface area contributed by atoms with Crippen LogP contribution in [0.1, 0.15) is 48.6 Å². The molecule has 0 saturated heterocycles. The average molecular weight is 409 g/mol. The number of benzene rings is 2. The van der Waals surface area contributed by atoms with Gasteiger partial charge >= 0.3 is 0 Å². The van der Waals surface area contributed by atoms with Gasteiger partial charge in [0.25, 0.3) is 0 Å². The molecule has 0 amide bonds. The summed E-state index contributed by atoms with van der Waals surface area (Å²) in [5, 5.41) is 5.95. The second-order valence-corrected chi connectivity index (χ2v) is 13.3. The molecule has 0 N–H and O–H groups in total. The summed E-state index contributed by atoms with van der Waals surface area (Å²) in [6, 6.07) is 4.87. The van der Waals surface area contributed by atoms with E-state index in [-0.39, 0.29) is 0 Å². The zero-order chi connectivity index (χ0) is 21.8. The Bertz CT molecular complexity index is 1240. The van der Waals surface area contributed by atoms with E-state index >= 15 is 0 Å². The monoisotopic (exact) mass is 408 g/mol. The fourth-order valence-electron chi connectivity index (χ4n) is 5.82. The van der Waals surface area contributed by atoms with Gasteiger partial charge in [-0.3, -0.25) is 0 Å². The number of hydrogen-bond donors (Lipinski definition) is 0. The third-order valence-corrected chi connectivity index (χ3v) is 10.8. The first kappa shape index (κ1) is 20.6. The van der Waals surface area contributed by atoms with Crippen molar-refractivity contribution in [3.63, 3.8) is 0 Å². The molecule has 1 aliphatic carbocycles. The highest BCUT2D eigenvalue weighted by Crippen LogP contribution is 2.44. The van der Waals surface area contributed by atoms with Crippen molar-refractivity contribution in [2.24, 2.45) is 0 Å². The van der Waals surface area contributed by atoms with Gasteiger partial charge in [-0.05, 0) is 107 Å². The Kier molecular flexibility index (Phi) is 4.98. The molecule has 152 valence electrons. The number of allylic oxidation sites excluding steroid dienone is 9. The second-order valence-electron chi connectivity index (χ2n) is 9.03. The Morgan fingerprint density at radius 1 is 0.933 bits per heavy atom. The van der Waals surface area contributed by atoms with Crippen molar-refractivity contribution < 1.29 is 0 Å². The minimum atomic E-state index is -1.76. The molecule has 2 aromatic carbocycles. The summed E-state index contributed by atoms with van der Waals surface area (Å²) in [5.74, 6) is 0. The lowest BCUT2D eigenvalue weighted by Crippen LogP contribution is -2.43. The predicted molar refractivity (Wildman–Crippen MR) is 139 cm³/mol. The van der Waals surface area contributed by atoms with Crippen molar-refractivity contribution in [3.8, 4) is 0 Å². The largest absolute Gasteiger partial charge is 0.113 e. The fourth-order valence-corrected chi connectivity index (χ4v) is 9.75. The van der Waals surface area contributed by atoms with Crippen LogP contribution < -0.4 is 5.19 Å². The molecular formula is C29H32Si. The molecule has 0 spiro atoms. The van der Waals surface area contributed by atoms with Crippen molar-refractivity contribution in [3.05, 3.63) is 94.3 Å². The smallest absolute Gasteiger partial charge is 0.0988 e. The quantitative estimate of drug-likeness (QED) is 0.455. The number of rotatable bonds is 4. The van der Waals surface area contributed by atoms with Crippen molar-refractivity contribution in [2.75, 3.05) is 0 Å². The van der Waals surface area contributed by atoms with Gasteiger partial charge in [-0.2, -0.15) is 0 Å². The maximum absolute atomic E-state index is 4.10. The molecule has 1 aliphatic heterocycles. The van der Waals surface area contributed by atoms with Crippen LogP contribution >= 0.6 is 0 Å². The van der Waals surface area contributed by atoms with Crippen LogP contribution in [0.5, 0.6) is 0 Å². The van der Waals surface area contributed by atoms with Crippen LogP contribution in [0.4, 0.5) is 0 Å². The Balaban J connectivity index is 2.20. The molecule has 0 nitrogen and oxygen atoms in total. The van der Waals surface area contributed by atoms with E-state index in [4.69, 9.17) is 0 Å². The Labute approximate surface area is 182 Å². The predicted octanol–water partition coefficient (Wildman–Crippen LogP) is 7.68. The molecule has 0 unspecified atom stereocenters. The zero-order valence-corrected chi connectivity index (χ0v) is 20.2. The molecule has 0 fully saturated rings. The molecule has 0 saturated carbocycles. The molecule has 0 aromatic heterocycles. The summed E-state index contributed by atoms with van der Waals surface area (Å²) < 4.78 is 0. The van der Waals surface area contributed by atoms with E-state index in [9.17, 15) is 0 Å². The van der Waals surface area contributed by atoms with E-state index in [1.165, 1.54) is 55.3 Å². The lowest BCUT2D eigenvalue weighted by molar-refractivity contribution is 1.26. The highest BCUT2D eigenvalue weighted by Gasteiger charge is 2.40. The standard InChI is InChI=1S/C29H32Si/c1-9-13-23-18(5)29-28(19(6)27(14-10-2)30(29,7)8)26-17-24-21(16-25(23)26)15-20(11-3)22(24)12-4/h9-14,16-17H,3-4,15H2,1-2,5-8H3/b13-9-,14-10-. The van der Waals surface area contributed by atoms with E-state index < -0.39 is 8.07 Å². The molecule has 2 aliphatic rings. The lowest BCUT2D eigenvalue weighted by Gasteiger charge is -2.25. The number of hydrogen-bond acceptors (Lipinski definition) is 0. The van der Waals surface area contributed by atoms with Gasteiger partial charge in [0.05, 0.1) is 0 Å². The molecular weight excluding hydrogens is 376 g/mol. The van der Waals surface area contributed by atoms with Crippen molar-refractivity contribution in [2.45, 2.75) is 47.2 Å². The van der Waals surface area contributed by atoms with Gasteiger partial charge in [0.15, 0.2) is 0 Å². The highest BCUT2D eigenvalue weighted by molar-refractivity contribution is 6.99. The SMILES string of the molecule is C=CC1=C(C=C)c2cc3c4c(c(C)c(/C=C\C)c3cc2C1)[Si](C)(C)C(/C=C\C)=C4C. The minimum absolute atomic E-state index is 0.945. The first-order chi connectivity index (χ1) is 14.3. The highest BCUT2D eigenvalue weighted by atomic mass is 28.3. The van der Waals surface area contributed by atoms with Crippen LogP contribution in [0.3, 0.4) is 0 Å². The summed E-state index contributed by atoms with van der Waals surface area (Å²) >= 11 is 0. The molecule has 2 aromatic rings. The first-order valence-electron chi connectivity index (χ1n) is 10.9.